The molecule has 0 atom stereocenters. The van der Waals surface area contributed by atoms with Crippen molar-refractivity contribution in [1.82, 2.24) is 4.98 Å². The summed E-state index contributed by atoms with van der Waals surface area (Å²) in [6.45, 7) is 1.93. The number of rotatable bonds is 2. The molecule has 0 bridgehead atoms. The zero-order valence-electron chi connectivity index (χ0n) is 6.91. The fourth-order valence-corrected chi connectivity index (χ4v) is 0.834. The number of amidine groups is 1. The van der Waals surface area contributed by atoms with Crippen molar-refractivity contribution in [1.29, 1.82) is 5.41 Å². The Morgan fingerprint density at radius 2 is 2.33 bits per heavy atom. The molecule has 0 aliphatic rings. The molecule has 1 rings (SSSR count). The fraction of sp³-hybridized carbons (Fsp3) is 0.111. The minimum Gasteiger partial charge on any atom is -0.384 e. The molecule has 0 saturated carbocycles. The summed E-state index contributed by atoms with van der Waals surface area (Å²) in [5.41, 5.74) is 6.80. The first-order valence-corrected chi connectivity index (χ1v) is 3.67. The number of aromatic nitrogens is 1. The van der Waals surface area contributed by atoms with Gasteiger partial charge in [0.25, 0.3) is 0 Å². The highest BCUT2D eigenvalue weighted by atomic mass is 14.7. The molecule has 1 aromatic heterocycles. The van der Waals surface area contributed by atoms with Gasteiger partial charge in [-0.25, -0.2) is 0 Å². The Balaban J connectivity index is 2.93. The van der Waals surface area contributed by atoms with Crippen molar-refractivity contribution in [2.45, 2.75) is 6.92 Å². The Bertz CT molecular complexity index is 298. The maximum absolute atomic E-state index is 7.13. The highest BCUT2D eigenvalue weighted by molar-refractivity contribution is 5.94. The van der Waals surface area contributed by atoms with Gasteiger partial charge in [0, 0.05) is 11.8 Å². The van der Waals surface area contributed by atoms with Gasteiger partial charge in [0.2, 0.25) is 0 Å². The van der Waals surface area contributed by atoms with Crippen molar-refractivity contribution in [3.8, 4) is 0 Å². The number of pyridine rings is 1. The van der Waals surface area contributed by atoms with Crippen LogP contribution in [0.2, 0.25) is 0 Å². The summed E-state index contributed by atoms with van der Waals surface area (Å²) in [6.07, 6.45) is 5.40. The van der Waals surface area contributed by atoms with Crippen LogP contribution in [-0.2, 0) is 0 Å². The largest absolute Gasteiger partial charge is 0.384 e. The van der Waals surface area contributed by atoms with Crippen LogP contribution in [0.25, 0.3) is 6.08 Å². The van der Waals surface area contributed by atoms with E-state index in [1.807, 2.05) is 25.1 Å². The molecule has 12 heavy (non-hydrogen) atoms. The minimum absolute atomic E-state index is 0.0505. The number of hydrogen-bond acceptors (Lipinski definition) is 2. The van der Waals surface area contributed by atoms with Gasteiger partial charge in [-0.2, -0.15) is 0 Å². The lowest BCUT2D eigenvalue weighted by Crippen LogP contribution is -2.11. The predicted molar refractivity (Wildman–Crippen MR) is 50.0 cm³/mol. The summed E-state index contributed by atoms with van der Waals surface area (Å²) >= 11 is 0. The summed E-state index contributed by atoms with van der Waals surface area (Å²) in [4.78, 5) is 4.08. The number of nitrogens with one attached hydrogen (secondary N) is 1. The summed E-state index contributed by atoms with van der Waals surface area (Å²) in [7, 11) is 0. The van der Waals surface area contributed by atoms with E-state index in [2.05, 4.69) is 4.98 Å². The molecule has 0 unspecified atom stereocenters. The Labute approximate surface area is 71.4 Å². The fourth-order valence-electron chi connectivity index (χ4n) is 0.834. The Hall–Kier alpha value is -1.64. The van der Waals surface area contributed by atoms with E-state index in [0.29, 0.717) is 5.56 Å². The van der Waals surface area contributed by atoms with E-state index < -0.39 is 0 Å². The first-order valence-electron chi connectivity index (χ1n) is 3.67. The van der Waals surface area contributed by atoms with E-state index in [1.54, 1.807) is 12.3 Å². The average Bonchev–Trinajstić information content (AvgIpc) is 2.06. The summed E-state index contributed by atoms with van der Waals surface area (Å²) in [5.74, 6) is 0.0505. The van der Waals surface area contributed by atoms with E-state index in [0.717, 1.165) is 5.69 Å². The van der Waals surface area contributed by atoms with Gasteiger partial charge in [0.15, 0.2) is 0 Å². The van der Waals surface area contributed by atoms with Gasteiger partial charge in [0.1, 0.15) is 5.84 Å². The van der Waals surface area contributed by atoms with Gasteiger partial charge < -0.3 is 5.73 Å². The van der Waals surface area contributed by atoms with Crippen LogP contribution in [0.1, 0.15) is 18.2 Å². The van der Waals surface area contributed by atoms with E-state index in [-0.39, 0.29) is 5.84 Å². The molecule has 0 amide bonds. The van der Waals surface area contributed by atoms with Crippen molar-refractivity contribution >= 4 is 11.9 Å². The molecular formula is C9H11N3. The minimum atomic E-state index is 0.0505. The van der Waals surface area contributed by atoms with Crippen LogP contribution in [0.5, 0.6) is 0 Å². The quantitative estimate of drug-likeness (QED) is 0.508. The summed E-state index contributed by atoms with van der Waals surface area (Å²) in [6, 6.07) is 3.61. The van der Waals surface area contributed by atoms with Crippen LogP contribution < -0.4 is 5.73 Å². The zero-order chi connectivity index (χ0) is 8.97. The summed E-state index contributed by atoms with van der Waals surface area (Å²) < 4.78 is 0. The van der Waals surface area contributed by atoms with E-state index in [1.165, 1.54) is 0 Å². The van der Waals surface area contributed by atoms with E-state index >= 15 is 0 Å². The van der Waals surface area contributed by atoms with Gasteiger partial charge in [0.05, 0.1) is 5.69 Å². The van der Waals surface area contributed by atoms with Crippen LogP contribution in [0.3, 0.4) is 0 Å². The molecule has 0 aliphatic heterocycles. The Morgan fingerprint density at radius 3 is 2.75 bits per heavy atom. The maximum Gasteiger partial charge on any atom is 0.124 e. The second kappa shape index (κ2) is 3.67. The van der Waals surface area contributed by atoms with E-state index in [9.17, 15) is 0 Å². The van der Waals surface area contributed by atoms with Crippen LogP contribution >= 0.6 is 0 Å². The molecule has 0 saturated heterocycles. The molecule has 0 spiro atoms. The van der Waals surface area contributed by atoms with Crippen LogP contribution in [0, 0.1) is 5.41 Å². The zero-order valence-corrected chi connectivity index (χ0v) is 6.91. The summed E-state index contributed by atoms with van der Waals surface area (Å²) in [5, 5.41) is 7.13. The first-order chi connectivity index (χ1) is 5.74. The van der Waals surface area contributed by atoms with Crippen LogP contribution in [0.4, 0.5) is 0 Å². The molecule has 3 heteroatoms. The number of nitrogens with zero attached hydrogens (tertiary/aromatic N) is 1. The highest BCUT2D eigenvalue weighted by Gasteiger charge is 1.94. The average molecular weight is 161 g/mol. The molecule has 62 valence electrons. The number of hydrogen-bond donors (Lipinski definition) is 2. The Morgan fingerprint density at radius 1 is 1.58 bits per heavy atom. The highest BCUT2D eigenvalue weighted by Crippen LogP contribution is 2.00. The van der Waals surface area contributed by atoms with Gasteiger partial charge in [-0.3, -0.25) is 10.4 Å². The van der Waals surface area contributed by atoms with Crippen LogP contribution in [0.15, 0.2) is 24.4 Å². The van der Waals surface area contributed by atoms with Crippen molar-refractivity contribution in [3.05, 3.63) is 35.7 Å². The van der Waals surface area contributed by atoms with Crippen molar-refractivity contribution in [2.75, 3.05) is 0 Å². The maximum atomic E-state index is 7.13. The number of nitrogen functional groups attached to an aromatic ring is 1. The molecule has 0 aliphatic carbocycles. The standard InChI is InChI=1S/C9H11N3/c1-2-3-8-5-4-7(6-12-8)9(10)11/h2-6H,1H3,(H3,10,11)/b3-2+. The van der Waals surface area contributed by atoms with Gasteiger partial charge in [-0.05, 0) is 25.1 Å². The molecule has 0 aromatic carbocycles. The Kier molecular flexibility index (Phi) is 2.58. The van der Waals surface area contributed by atoms with Crippen molar-refractivity contribution in [2.24, 2.45) is 5.73 Å². The van der Waals surface area contributed by atoms with Crippen LogP contribution in [-0.4, -0.2) is 10.8 Å². The van der Waals surface area contributed by atoms with Crippen molar-refractivity contribution in [3.63, 3.8) is 0 Å². The second-order valence-electron chi connectivity index (χ2n) is 2.39. The number of nitrogens with two attached hydrogens (primary N) is 1. The predicted octanol–water partition coefficient (Wildman–Crippen LogP) is 1.40. The topological polar surface area (TPSA) is 62.8 Å². The lowest BCUT2D eigenvalue weighted by Gasteiger charge is -1.96. The monoisotopic (exact) mass is 161 g/mol. The molecule has 3 N–H and O–H groups in total. The second-order valence-corrected chi connectivity index (χ2v) is 2.39. The molecule has 0 fully saturated rings. The molecule has 1 aromatic rings. The lowest BCUT2D eigenvalue weighted by atomic mass is 10.2. The number of allylic oxidation sites excluding steroid dienone is 1. The smallest absolute Gasteiger partial charge is 0.124 e. The molecule has 0 radical (unpaired) electrons. The normalized spacial score (nSPS) is 10.4. The van der Waals surface area contributed by atoms with Crippen molar-refractivity contribution < 1.29 is 0 Å². The molecule has 1 heterocycles. The molecular weight excluding hydrogens is 150 g/mol. The first kappa shape index (κ1) is 8.46. The third-order valence-electron chi connectivity index (χ3n) is 1.43. The third-order valence-corrected chi connectivity index (χ3v) is 1.43. The SMILES string of the molecule is C/C=C/c1ccc(C(=N)N)cn1. The molecule has 3 nitrogen and oxygen atoms in total. The van der Waals surface area contributed by atoms with Gasteiger partial charge in [-0.1, -0.05) is 6.08 Å². The van der Waals surface area contributed by atoms with E-state index in [4.69, 9.17) is 11.1 Å². The third kappa shape index (κ3) is 1.92. The van der Waals surface area contributed by atoms with Gasteiger partial charge in [-0.15, -0.1) is 0 Å². The van der Waals surface area contributed by atoms with Gasteiger partial charge >= 0.3 is 0 Å². The lowest BCUT2D eigenvalue weighted by molar-refractivity contribution is 1.27.